The summed E-state index contributed by atoms with van der Waals surface area (Å²) in [5.41, 5.74) is 7.95. The van der Waals surface area contributed by atoms with Gasteiger partial charge in [-0.2, -0.15) is 4.99 Å². The van der Waals surface area contributed by atoms with Crippen molar-refractivity contribution in [3.05, 3.63) is 42.4 Å². The van der Waals surface area contributed by atoms with Crippen LogP contribution >= 0.6 is 0 Å². The Bertz CT molecular complexity index is 695. The lowest BCUT2D eigenvalue weighted by Gasteiger charge is -2.42. The van der Waals surface area contributed by atoms with E-state index in [-0.39, 0.29) is 18.2 Å². The van der Waals surface area contributed by atoms with Gasteiger partial charge in [0.15, 0.2) is 5.84 Å². The predicted molar refractivity (Wildman–Crippen MR) is 102 cm³/mol. The number of aliphatic hydroxyl groups excluding tert-OH is 1. The molecule has 2 aliphatic rings. The van der Waals surface area contributed by atoms with E-state index < -0.39 is 0 Å². The van der Waals surface area contributed by atoms with E-state index in [1.807, 2.05) is 31.1 Å². The average Bonchev–Trinajstić information content (AvgIpc) is 2.65. The minimum Gasteiger partial charge on any atom is -0.393 e. The highest BCUT2D eigenvalue weighted by Crippen LogP contribution is 2.29. The summed E-state index contributed by atoms with van der Waals surface area (Å²) in [5.74, 6) is 0.928. The van der Waals surface area contributed by atoms with E-state index in [9.17, 15) is 5.11 Å². The van der Waals surface area contributed by atoms with Gasteiger partial charge in [0.1, 0.15) is 6.17 Å². The van der Waals surface area contributed by atoms with E-state index in [1.165, 1.54) is 0 Å². The number of guanidine groups is 1. The van der Waals surface area contributed by atoms with E-state index in [0.29, 0.717) is 19.4 Å². The Labute approximate surface area is 154 Å². The maximum absolute atomic E-state index is 9.79. The number of piperidine rings is 1. The number of likely N-dealkylation sites (N-methyl/N-ethyl adjacent to an activating group) is 1. The van der Waals surface area contributed by atoms with Gasteiger partial charge in [-0.25, -0.2) is 0 Å². The number of nitrogens with two attached hydrogens (primary N) is 1. The predicted octanol–water partition coefficient (Wildman–Crippen LogP) is 0.946. The van der Waals surface area contributed by atoms with Gasteiger partial charge in [-0.15, -0.1) is 5.10 Å². The van der Waals surface area contributed by atoms with Gasteiger partial charge < -0.3 is 20.6 Å². The molecule has 0 saturated carbocycles. The van der Waals surface area contributed by atoms with E-state index >= 15 is 0 Å². The summed E-state index contributed by atoms with van der Waals surface area (Å²) in [4.78, 5) is 12.8. The molecule has 0 aromatic carbocycles. The molecule has 140 valence electrons. The number of hydrogen-bond acceptors (Lipinski definition) is 8. The van der Waals surface area contributed by atoms with Gasteiger partial charge in [0.05, 0.1) is 11.8 Å². The van der Waals surface area contributed by atoms with Crippen LogP contribution in [0.4, 0.5) is 0 Å². The third kappa shape index (κ3) is 3.65. The van der Waals surface area contributed by atoms with Crippen LogP contribution in [0.1, 0.15) is 31.5 Å². The lowest BCUT2D eigenvalue weighted by Crippen LogP contribution is -2.47. The highest BCUT2D eigenvalue weighted by Gasteiger charge is 2.31. The van der Waals surface area contributed by atoms with Gasteiger partial charge in [-0.3, -0.25) is 9.99 Å². The fourth-order valence-electron chi connectivity index (χ4n) is 3.39. The summed E-state index contributed by atoms with van der Waals surface area (Å²) in [5, 5.41) is 16.2. The monoisotopic (exact) mass is 357 g/mol. The van der Waals surface area contributed by atoms with Crippen molar-refractivity contribution in [2.45, 2.75) is 32.0 Å². The van der Waals surface area contributed by atoms with E-state index in [4.69, 9.17) is 5.73 Å². The largest absolute Gasteiger partial charge is 0.393 e. The number of nitrogens with zero attached hydrogens (tertiary/aromatic N) is 6. The number of hydrazone groups is 1. The molecule has 0 bridgehead atoms. The SMILES string of the molecule is C=C1C(N2CCC(O)CC2)=N/C(N)=N\N(CC)C(c2ccncc2)N1C. The molecule has 0 spiro atoms. The van der Waals surface area contributed by atoms with Crippen LogP contribution in [-0.2, 0) is 0 Å². The number of likely N-dealkylation sites (tertiary alicyclic amines) is 1. The Morgan fingerprint density at radius 2 is 1.92 bits per heavy atom. The molecule has 1 aromatic heterocycles. The Morgan fingerprint density at radius 1 is 1.27 bits per heavy atom. The molecule has 1 unspecified atom stereocenters. The summed E-state index contributed by atoms with van der Waals surface area (Å²) in [6, 6.07) is 3.94. The Morgan fingerprint density at radius 3 is 2.54 bits per heavy atom. The van der Waals surface area contributed by atoms with Crippen molar-refractivity contribution in [2.75, 3.05) is 26.7 Å². The fraction of sp³-hybridized carbons (Fsp3) is 0.500. The molecule has 3 rings (SSSR count). The maximum atomic E-state index is 9.79. The third-order valence-corrected chi connectivity index (χ3v) is 4.88. The number of hydrogen-bond donors (Lipinski definition) is 2. The van der Waals surface area contributed by atoms with E-state index in [1.54, 1.807) is 12.4 Å². The Balaban J connectivity index is 1.98. The summed E-state index contributed by atoms with van der Waals surface area (Å²) >= 11 is 0. The van der Waals surface area contributed by atoms with Crippen LogP contribution in [0.25, 0.3) is 0 Å². The van der Waals surface area contributed by atoms with Gasteiger partial charge in [0.2, 0.25) is 5.96 Å². The molecule has 1 fully saturated rings. The highest BCUT2D eigenvalue weighted by atomic mass is 16.3. The quantitative estimate of drug-likeness (QED) is 0.818. The number of rotatable bonds is 2. The summed E-state index contributed by atoms with van der Waals surface area (Å²) in [7, 11) is 1.99. The number of aromatic nitrogens is 1. The molecule has 2 aliphatic heterocycles. The van der Waals surface area contributed by atoms with Crippen molar-refractivity contribution in [2.24, 2.45) is 15.8 Å². The van der Waals surface area contributed by atoms with Crippen LogP contribution in [0.15, 0.2) is 46.9 Å². The molecule has 26 heavy (non-hydrogen) atoms. The van der Waals surface area contributed by atoms with Gasteiger partial charge in [-0.05, 0) is 37.5 Å². The van der Waals surface area contributed by atoms with Crippen molar-refractivity contribution in [1.29, 1.82) is 0 Å². The second-order valence-electron chi connectivity index (χ2n) is 6.58. The normalized spacial score (nSPS) is 24.7. The Hall–Kier alpha value is -2.61. The molecule has 0 amide bonds. The second-order valence-corrected chi connectivity index (χ2v) is 6.58. The molecule has 1 aromatic rings. The van der Waals surface area contributed by atoms with Gasteiger partial charge >= 0.3 is 0 Å². The minimum atomic E-state index is -0.252. The zero-order chi connectivity index (χ0) is 18.7. The minimum absolute atomic E-state index is 0.157. The van der Waals surface area contributed by atoms with Gasteiger partial charge in [0.25, 0.3) is 0 Å². The summed E-state index contributed by atoms with van der Waals surface area (Å²) in [6.07, 6.45) is 4.55. The summed E-state index contributed by atoms with van der Waals surface area (Å²) < 4.78 is 0. The van der Waals surface area contributed by atoms with Crippen molar-refractivity contribution in [3.8, 4) is 0 Å². The van der Waals surface area contributed by atoms with Crippen LogP contribution in [0.3, 0.4) is 0 Å². The molecule has 3 heterocycles. The van der Waals surface area contributed by atoms with Crippen molar-refractivity contribution in [3.63, 3.8) is 0 Å². The van der Waals surface area contributed by atoms with Crippen LogP contribution in [0.2, 0.25) is 0 Å². The average molecular weight is 357 g/mol. The van der Waals surface area contributed by atoms with E-state index in [0.717, 1.165) is 30.2 Å². The van der Waals surface area contributed by atoms with Crippen LogP contribution < -0.4 is 5.73 Å². The lowest BCUT2D eigenvalue weighted by molar-refractivity contribution is 0.0898. The van der Waals surface area contributed by atoms with Crippen molar-refractivity contribution >= 4 is 11.8 Å². The second kappa shape index (κ2) is 7.74. The van der Waals surface area contributed by atoms with Crippen LogP contribution in [0.5, 0.6) is 0 Å². The summed E-state index contributed by atoms with van der Waals surface area (Å²) in [6.45, 7) is 8.43. The van der Waals surface area contributed by atoms with Crippen LogP contribution in [0, 0.1) is 0 Å². The van der Waals surface area contributed by atoms with Gasteiger partial charge in [0, 0.05) is 39.1 Å². The third-order valence-electron chi connectivity index (χ3n) is 4.88. The molecule has 8 nitrogen and oxygen atoms in total. The molecule has 1 atom stereocenters. The zero-order valence-corrected chi connectivity index (χ0v) is 15.4. The Kier molecular flexibility index (Phi) is 5.41. The first kappa shape index (κ1) is 18.2. The lowest BCUT2D eigenvalue weighted by atomic mass is 10.1. The molecular formula is C18H27N7O. The number of aliphatic imine (C=N–C) groups is 1. The first-order chi connectivity index (χ1) is 12.5. The topological polar surface area (TPSA) is 93.6 Å². The smallest absolute Gasteiger partial charge is 0.239 e. The maximum Gasteiger partial charge on any atom is 0.239 e. The highest BCUT2D eigenvalue weighted by molar-refractivity contribution is 6.04. The molecule has 3 N–H and O–H groups in total. The first-order valence-electron chi connectivity index (χ1n) is 8.95. The van der Waals surface area contributed by atoms with Crippen molar-refractivity contribution in [1.82, 2.24) is 19.8 Å². The zero-order valence-electron chi connectivity index (χ0n) is 15.4. The first-order valence-corrected chi connectivity index (χ1v) is 8.95. The molecular weight excluding hydrogens is 330 g/mol. The van der Waals surface area contributed by atoms with Crippen LogP contribution in [-0.4, -0.2) is 69.5 Å². The van der Waals surface area contributed by atoms with Gasteiger partial charge in [-0.1, -0.05) is 6.58 Å². The number of amidine groups is 1. The van der Waals surface area contributed by atoms with E-state index in [2.05, 4.69) is 31.5 Å². The molecule has 8 heteroatoms. The van der Waals surface area contributed by atoms with Crippen molar-refractivity contribution < 1.29 is 5.11 Å². The molecule has 0 aliphatic carbocycles. The number of pyridine rings is 1. The number of aliphatic hydroxyl groups is 1. The fourth-order valence-corrected chi connectivity index (χ4v) is 3.39. The molecule has 1 saturated heterocycles. The molecule has 0 radical (unpaired) electrons. The standard InChI is InChI=1S/C18H27N7O/c1-4-25-17(14-5-9-20-10-6-14)23(3)13(2)16(21-18(19)22-25)24-11-7-15(26)8-12-24/h5-6,9-10,15,17,26H,2,4,7-8,11-12H2,1,3H3,(H2,19,22).